The number of aromatic amines is 1. The standard InChI is InChI=1S/C23H18N4O4/c1-31-18-11-7-15(8-12-18)3-2-4-19-25-20-21(26-19)24-14-27(22(20)28)13-16-5-9-17(10-6-16)23(29)30/h5-12,14H,3,13H2,1H3,(H,25,26)(H,29,30). The number of aromatic carboxylic acids is 1. The van der Waals surface area contributed by atoms with Gasteiger partial charge in [-0.1, -0.05) is 30.2 Å². The molecule has 2 aromatic carbocycles. The Labute approximate surface area is 177 Å². The normalized spacial score (nSPS) is 10.5. The molecule has 0 aliphatic heterocycles. The van der Waals surface area contributed by atoms with Gasteiger partial charge in [0.15, 0.2) is 17.0 Å². The summed E-state index contributed by atoms with van der Waals surface area (Å²) >= 11 is 0. The maximum Gasteiger partial charge on any atom is 0.335 e. The van der Waals surface area contributed by atoms with Gasteiger partial charge in [-0.15, -0.1) is 0 Å². The smallest absolute Gasteiger partial charge is 0.335 e. The number of benzene rings is 2. The van der Waals surface area contributed by atoms with E-state index in [2.05, 4.69) is 26.8 Å². The molecular weight excluding hydrogens is 396 g/mol. The van der Waals surface area contributed by atoms with E-state index >= 15 is 0 Å². The Morgan fingerprint density at radius 2 is 1.84 bits per heavy atom. The van der Waals surface area contributed by atoms with Gasteiger partial charge in [-0.3, -0.25) is 9.36 Å². The summed E-state index contributed by atoms with van der Waals surface area (Å²) in [5.41, 5.74) is 2.32. The highest BCUT2D eigenvalue weighted by molar-refractivity contribution is 5.87. The van der Waals surface area contributed by atoms with Crippen LogP contribution in [0.2, 0.25) is 0 Å². The number of nitrogens with one attached hydrogen (secondary N) is 1. The van der Waals surface area contributed by atoms with E-state index in [-0.39, 0.29) is 23.2 Å². The van der Waals surface area contributed by atoms with Crippen molar-refractivity contribution in [3.05, 3.63) is 87.7 Å². The fourth-order valence-electron chi connectivity index (χ4n) is 3.02. The van der Waals surface area contributed by atoms with Crippen molar-refractivity contribution in [2.24, 2.45) is 0 Å². The first-order valence-corrected chi connectivity index (χ1v) is 9.42. The molecule has 0 aliphatic rings. The SMILES string of the molecule is COc1ccc(CC#Cc2nc3ncn(Cc4ccc(C(=O)O)cc4)c(=O)c3[nH]2)cc1. The first-order valence-electron chi connectivity index (χ1n) is 9.42. The third-order valence-electron chi connectivity index (χ3n) is 4.69. The molecule has 0 fully saturated rings. The Bertz CT molecular complexity index is 1360. The van der Waals surface area contributed by atoms with E-state index in [1.54, 1.807) is 19.2 Å². The van der Waals surface area contributed by atoms with Crippen molar-refractivity contribution in [3.8, 4) is 17.6 Å². The summed E-state index contributed by atoms with van der Waals surface area (Å²) in [5.74, 6) is 6.13. The molecule has 31 heavy (non-hydrogen) atoms. The highest BCUT2D eigenvalue weighted by Crippen LogP contribution is 2.11. The zero-order chi connectivity index (χ0) is 21.8. The fraction of sp³-hybridized carbons (Fsp3) is 0.130. The largest absolute Gasteiger partial charge is 0.497 e. The van der Waals surface area contributed by atoms with Gasteiger partial charge >= 0.3 is 5.97 Å². The molecule has 0 atom stereocenters. The Kier molecular flexibility index (Phi) is 5.49. The van der Waals surface area contributed by atoms with Crippen LogP contribution in [0.25, 0.3) is 11.2 Å². The molecule has 8 heteroatoms. The first-order chi connectivity index (χ1) is 15.0. The second-order valence-electron chi connectivity index (χ2n) is 6.79. The number of H-pyrrole nitrogens is 1. The number of hydrogen-bond acceptors (Lipinski definition) is 5. The lowest BCUT2D eigenvalue weighted by molar-refractivity contribution is 0.0697. The highest BCUT2D eigenvalue weighted by atomic mass is 16.5. The third-order valence-corrected chi connectivity index (χ3v) is 4.69. The van der Waals surface area contributed by atoms with Gasteiger partial charge in [0.25, 0.3) is 5.56 Å². The van der Waals surface area contributed by atoms with Crippen molar-refractivity contribution >= 4 is 17.1 Å². The Balaban J connectivity index is 1.52. The number of carboxylic acids is 1. The molecule has 0 aliphatic carbocycles. The lowest BCUT2D eigenvalue weighted by Gasteiger charge is -2.05. The summed E-state index contributed by atoms with van der Waals surface area (Å²) in [7, 11) is 1.62. The molecule has 0 bridgehead atoms. The van der Waals surface area contributed by atoms with Crippen molar-refractivity contribution in [2.45, 2.75) is 13.0 Å². The van der Waals surface area contributed by atoms with Crippen LogP contribution in [0.5, 0.6) is 5.75 Å². The van der Waals surface area contributed by atoms with Gasteiger partial charge in [0.2, 0.25) is 0 Å². The van der Waals surface area contributed by atoms with E-state index in [1.165, 1.54) is 23.0 Å². The van der Waals surface area contributed by atoms with Gasteiger partial charge in [0, 0.05) is 6.42 Å². The monoisotopic (exact) mass is 414 g/mol. The summed E-state index contributed by atoms with van der Waals surface area (Å²) in [6, 6.07) is 14.0. The Morgan fingerprint density at radius 3 is 2.52 bits per heavy atom. The average Bonchev–Trinajstić information content (AvgIpc) is 3.20. The molecule has 2 N–H and O–H groups in total. The van der Waals surface area contributed by atoms with Crippen molar-refractivity contribution in [2.75, 3.05) is 7.11 Å². The van der Waals surface area contributed by atoms with Crippen molar-refractivity contribution < 1.29 is 14.6 Å². The minimum absolute atomic E-state index is 0.191. The molecule has 4 rings (SSSR count). The predicted molar refractivity (Wildman–Crippen MR) is 114 cm³/mol. The van der Waals surface area contributed by atoms with E-state index < -0.39 is 5.97 Å². The Morgan fingerprint density at radius 1 is 1.13 bits per heavy atom. The molecule has 0 saturated carbocycles. The van der Waals surface area contributed by atoms with E-state index in [4.69, 9.17) is 9.84 Å². The van der Waals surface area contributed by atoms with Crippen molar-refractivity contribution in [1.29, 1.82) is 0 Å². The summed E-state index contributed by atoms with van der Waals surface area (Å²) in [6.45, 7) is 0.263. The van der Waals surface area contributed by atoms with E-state index in [1.807, 2.05) is 24.3 Å². The molecule has 8 nitrogen and oxygen atoms in total. The van der Waals surface area contributed by atoms with Crippen LogP contribution in [0.4, 0.5) is 0 Å². The zero-order valence-electron chi connectivity index (χ0n) is 16.6. The summed E-state index contributed by atoms with van der Waals surface area (Å²) < 4.78 is 6.57. The number of methoxy groups -OCH3 is 1. The summed E-state index contributed by atoms with van der Waals surface area (Å²) in [4.78, 5) is 35.2. The highest BCUT2D eigenvalue weighted by Gasteiger charge is 2.10. The molecule has 4 aromatic rings. The number of nitrogens with zero attached hydrogens (tertiary/aromatic N) is 3. The Hall–Kier alpha value is -4.38. The molecule has 154 valence electrons. The lowest BCUT2D eigenvalue weighted by Crippen LogP contribution is -2.21. The van der Waals surface area contributed by atoms with Gasteiger partial charge < -0.3 is 14.8 Å². The maximum atomic E-state index is 12.8. The second kappa shape index (κ2) is 8.55. The zero-order valence-corrected chi connectivity index (χ0v) is 16.6. The van der Waals surface area contributed by atoms with Crippen LogP contribution in [0.1, 0.15) is 27.3 Å². The molecule has 0 radical (unpaired) electrons. The van der Waals surface area contributed by atoms with Crippen LogP contribution in [-0.4, -0.2) is 37.7 Å². The van der Waals surface area contributed by atoms with Crippen LogP contribution >= 0.6 is 0 Å². The number of carboxylic acid groups (broad SMARTS) is 1. The van der Waals surface area contributed by atoms with Gasteiger partial charge in [-0.05, 0) is 41.3 Å². The molecule has 2 aromatic heterocycles. The molecule has 0 spiro atoms. The topological polar surface area (TPSA) is 110 Å². The fourth-order valence-corrected chi connectivity index (χ4v) is 3.02. The molecular formula is C23H18N4O4. The van der Waals surface area contributed by atoms with Crippen LogP contribution in [-0.2, 0) is 13.0 Å². The minimum Gasteiger partial charge on any atom is -0.497 e. The van der Waals surface area contributed by atoms with Gasteiger partial charge in [0.05, 0.1) is 19.2 Å². The molecule has 2 heterocycles. The molecule has 0 saturated heterocycles. The summed E-state index contributed by atoms with van der Waals surface area (Å²) in [6.07, 6.45) is 1.95. The van der Waals surface area contributed by atoms with Crippen LogP contribution in [0.15, 0.2) is 59.7 Å². The number of carbonyl (C=O) groups is 1. The first kappa shape index (κ1) is 19.9. The number of ether oxygens (including phenoxy) is 1. The molecule has 0 unspecified atom stereocenters. The van der Waals surface area contributed by atoms with Gasteiger partial charge in [-0.2, -0.15) is 0 Å². The maximum absolute atomic E-state index is 12.8. The van der Waals surface area contributed by atoms with Gasteiger partial charge in [0.1, 0.15) is 12.1 Å². The average molecular weight is 414 g/mol. The van der Waals surface area contributed by atoms with Crippen molar-refractivity contribution in [3.63, 3.8) is 0 Å². The number of imidazole rings is 1. The van der Waals surface area contributed by atoms with Crippen LogP contribution < -0.4 is 10.3 Å². The number of rotatable bonds is 5. The van der Waals surface area contributed by atoms with E-state index in [9.17, 15) is 9.59 Å². The van der Waals surface area contributed by atoms with Gasteiger partial charge in [-0.25, -0.2) is 14.8 Å². The third kappa shape index (κ3) is 4.46. The van der Waals surface area contributed by atoms with E-state index in [0.29, 0.717) is 17.9 Å². The summed E-state index contributed by atoms with van der Waals surface area (Å²) in [5, 5.41) is 8.99. The molecule has 0 amide bonds. The number of hydrogen-bond donors (Lipinski definition) is 2. The predicted octanol–water partition coefficient (Wildman–Crippen LogP) is 2.47. The number of fused-ring (bicyclic) bond motifs is 1. The quantitative estimate of drug-likeness (QED) is 0.486. The van der Waals surface area contributed by atoms with Crippen LogP contribution in [0, 0.1) is 11.8 Å². The van der Waals surface area contributed by atoms with Crippen molar-refractivity contribution in [1.82, 2.24) is 19.5 Å². The second-order valence-corrected chi connectivity index (χ2v) is 6.79. The number of aromatic nitrogens is 4. The van der Waals surface area contributed by atoms with Crippen LogP contribution in [0.3, 0.4) is 0 Å². The van der Waals surface area contributed by atoms with E-state index in [0.717, 1.165) is 16.9 Å². The lowest BCUT2D eigenvalue weighted by atomic mass is 10.1. The minimum atomic E-state index is -0.995.